The van der Waals surface area contributed by atoms with Crippen molar-refractivity contribution < 1.29 is 40.2 Å². The minimum absolute atomic E-state index is 0.107. The van der Waals surface area contributed by atoms with E-state index in [0.29, 0.717) is 5.70 Å². The van der Waals surface area contributed by atoms with E-state index >= 15 is 0 Å². The molecule has 71 heavy (non-hydrogen) atoms. The van der Waals surface area contributed by atoms with Gasteiger partial charge in [0.25, 0.3) is 0 Å². The summed E-state index contributed by atoms with van der Waals surface area (Å²) in [4.78, 5) is 2.03. The average Bonchev–Trinajstić information content (AvgIpc) is 3.78. The third kappa shape index (κ3) is 9.20. The van der Waals surface area contributed by atoms with Crippen LogP contribution in [0.3, 0.4) is 0 Å². The van der Waals surface area contributed by atoms with Crippen LogP contribution in [0.1, 0.15) is 43.9 Å². The number of benzene rings is 7. The molecule has 0 unspecified atom stereocenters. The smallest absolute Gasteiger partial charge is 0.205 e. The molecule has 0 spiro atoms. The molecule has 0 aliphatic heterocycles. The lowest BCUT2D eigenvalue weighted by Gasteiger charge is -2.27. The van der Waals surface area contributed by atoms with Gasteiger partial charge in [-0.2, -0.15) is 0 Å². The maximum Gasteiger partial charge on any atom is 0.205 e. The second-order valence-electron chi connectivity index (χ2n) is 16.9. The molecule has 8 aromatic rings. The van der Waals surface area contributed by atoms with Gasteiger partial charge in [-0.25, -0.2) is 0 Å². The van der Waals surface area contributed by atoms with Gasteiger partial charge in [0.15, 0.2) is 23.0 Å². The molecule has 0 aliphatic rings. The molecule has 0 amide bonds. The van der Waals surface area contributed by atoms with Gasteiger partial charge in [0.05, 0.1) is 5.39 Å². The molecule has 9 nitrogen and oxygen atoms in total. The monoisotopic (exact) mass is 939 g/mol. The quantitative estimate of drug-likeness (QED) is 0.0230. The summed E-state index contributed by atoms with van der Waals surface area (Å²) >= 11 is 0. The van der Waals surface area contributed by atoms with Crippen molar-refractivity contribution >= 4 is 55.1 Å². The Morgan fingerprint density at radius 2 is 1.17 bits per heavy atom. The van der Waals surface area contributed by atoms with Gasteiger partial charge in [-0.1, -0.05) is 159 Å². The molecule has 1 aromatic heterocycles. The van der Waals surface area contributed by atoms with Gasteiger partial charge in [0.1, 0.15) is 11.2 Å². The maximum atomic E-state index is 11.3. The third-order valence-corrected chi connectivity index (χ3v) is 12.4. The first kappa shape index (κ1) is 48.1. The minimum atomic E-state index is -1.13. The maximum absolute atomic E-state index is 11.3. The standard InChI is InChI=1S/C62H53NO8/c1-7-10-11-13-20-37(4)50-36-43(33-34-46(50)42-21-14-12-15-22-42)40(8-2)31-29-38(5)63(45-24-18-23-44(35-45)47-26-19-27-49-48-25-16-17-28-51(48)71-62(47)49)39(6)30-32-41(9-3)52-53-54(57(66)59(68)55(52)64)58(67)61(70)60(69)56(53)65/h7-10,12-36,64-70H,2-4,11H2,1,5-6H3/b10-7-,20-13-,38-29+,39-30+,40-31+,41-32+. The Morgan fingerprint density at radius 3 is 1.86 bits per heavy atom. The van der Waals surface area contributed by atoms with Crippen molar-refractivity contribution in [3.05, 3.63) is 224 Å². The van der Waals surface area contributed by atoms with Crippen LogP contribution in [-0.2, 0) is 0 Å². The first-order chi connectivity index (χ1) is 34.3. The van der Waals surface area contributed by atoms with Crippen LogP contribution in [0.15, 0.2) is 212 Å². The summed E-state index contributed by atoms with van der Waals surface area (Å²) in [6.45, 7) is 18.4. The SMILES string of the molecule is C=C/C(=C\C=C(/C)N(/C(C)=C/C=C(\C=C)c1c(O)c(O)c(O)c2c(O)c(O)c(O)c(O)c12)c1cccc(-c2cccc3c2oc2ccccc23)c1)c1ccc(-c2ccccc2)c(C(=C)/C=C\C/C=C\C)c1. The summed E-state index contributed by atoms with van der Waals surface area (Å²) in [5.74, 6) is -7.15. The van der Waals surface area contributed by atoms with E-state index in [1.54, 1.807) is 12.2 Å². The van der Waals surface area contributed by atoms with Gasteiger partial charge < -0.3 is 45.1 Å². The molecule has 0 saturated heterocycles. The number of fused-ring (bicyclic) bond motifs is 4. The number of nitrogens with zero attached hydrogens (tertiary/aromatic N) is 1. The fourth-order valence-electron chi connectivity index (χ4n) is 8.87. The van der Waals surface area contributed by atoms with E-state index in [1.807, 2.05) is 135 Å². The lowest BCUT2D eigenvalue weighted by atomic mass is 9.91. The van der Waals surface area contributed by atoms with Gasteiger partial charge in [-0.05, 0) is 108 Å². The molecule has 0 aliphatic carbocycles. The fraction of sp³-hybridized carbons (Fsp3) is 0.0645. The summed E-state index contributed by atoms with van der Waals surface area (Å²) in [6.07, 6.45) is 19.5. The summed E-state index contributed by atoms with van der Waals surface area (Å²) in [7, 11) is 0. The van der Waals surface area contributed by atoms with E-state index in [1.165, 1.54) is 6.08 Å². The Balaban J connectivity index is 1.28. The molecule has 8 rings (SSSR count). The van der Waals surface area contributed by atoms with Crippen LogP contribution < -0.4 is 4.90 Å². The predicted molar refractivity (Wildman–Crippen MR) is 291 cm³/mol. The van der Waals surface area contributed by atoms with Crippen LogP contribution in [0.4, 0.5) is 5.69 Å². The van der Waals surface area contributed by atoms with Crippen molar-refractivity contribution in [1.82, 2.24) is 0 Å². The number of hydrogen-bond donors (Lipinski definition) is 7. The first-order valence-corrected chi connectivity index (χ1v) is 22.9. The molecule has 7 N–H and O–H groups in total. The summed E-state index contributed by atoms with van der Waals surface area (Å²) < 4.78 is 6.44. The number of aromatic hydroxyl groups is 7. The number of anilines is 1. The highest BCUT2D eigenvalue weighted by Gasteiger charge is 2.29. The molecule has 354 valence electrons. The van der Waals surface area contributed by atoms with Gasteiger partial charge in [0, 0.05) is 44.4 Å². The van der Waals surface area contributed by atoms with Crippen molar-refractivity contribution in [3.8, 4) is 62.5 Å². The zero-order valence-corrected chi connectivity index (χ0v) is 39.6. The minimum Gasteiger partial charge on any atom is -0.504 e. The number of para-hydroxylation sites is 2. The van der Waals surface area contributed by atoms with Gasteiger partial charge in [-0.3, -0.25) is 0 Å². The Hall–Kier alpha value is -9.34. The van der Waals surface area contributed by atoms with Crippen molar-refractivity contribution in [2.24, 2.45) is 0 Å². The first-order valence-electron chi connectivity index (χ1n) is 22.9. The van der Waals surface area contributed by atoms with Crippen molar-refractivity contribution in [2.75, 3.05) is 4.90 Å². The van der Waals surface area contributed by atoms with Crippen molar-refractivity contribution in [1.29, 1.82) is 0 Å². The van der Waals surface area contributed by atoms with E-state index < -0.39 is 51.0 Å². The van der Waals surface area contributed by atoms with E-state index in [4.69, 9.17) is 4.42 Å². The zero-order valence-electron chi connectivity index (χ0n) is 39.6. The largest absolute Gasteiger partial charge is 0.504 e. The molecule has 0 saturated carbocycles. The summed E-state index contributed by atoms with van der Waals surface area (Å²) in [5, 5.41) is 76.5. The highest BCUT2D eigenvalue weighted by atomic mass is 16.4. The van der Waals surface area contributed by atoms with Crippen LogP contribution >= 0.6 is 0 Å². The molecule has 0 fully saturated rings. The number of phenols is 7. The number of furan rings is 1. The molecule has 0 bridgehead atoms. The summed E-state index contributed by atoms with van der Waals surface area (Å²) in [5.41, 5.74) is 11.1. The average molecular weight is 940 g/mol. The Kier molecular flexibility index (Phi) is 13.9. The molecular formula is C62H53NO8. The second kappa shape index (κ2) is 20.5. The Morgan fingerprint density at radius 1 is 0.563 bits per heavy atom. The van der Waals surface area contributed by atoms with E-state index in [9.17, 15) is 35.7 Å². The van der Waals surface area contributed by atoms with Crippen molar-refractivity contribution in [3.63, 3.8) is 0 Å². The molecule has 9 heteroatoms. The topological polar surface area (TPSA) is 158 Å². The second-order valence-corrected chi connectivity index (χ2v) is 16.9. The third-order valence-electron chi connectivity index (χ3n) is 12.4. The Bertz CT molecular complexity index is 3610. The van der Waals surface area contributed by atoms with E-state index in [2.05, 4.69) is 68.3 Å². The lowest BCUT2D eigenvalue weighted by molar-refractivity contribution is 0.346. The van der Waals surface area contributed by atoms with Crippen LogP contribution in [-0.4, -0.2) is 35.7 Å². The van der Waals surface area contributed by atoms with Crippen LogP contribution in [0.2, 0.25) is 0 Å². The number of hydrogen-bond acceptors (Lipinski definition) is 9. The molecule has 0 atom stereocenters. The van der Waals surface area contributed by atoms with Gasteiger partial charge >= 0.3 is 0 Å². The fourth-order valence-corrected chi connectivity index (χ4v) is 8.87. The number of rotatable bonds is 15. The molecule has 7 aromatic carbocycles. The normalized spacial score (nSPS) is 12.7. The van der Waals surface area contributed by atoms with E-state index in [0.717, 1.165) is 84.3 Å². The zero-order chi connectivity index (χ0) is 50.5. The van der Waals surface area contributed by atoms with Crippen LogP contribution in [0.25, 0.3) is 71.7 Å². The summed E-state index contributed by atoms with van der Waals surface area (Å²) in [6, 6.07) is 38.5. The van der Waals surface area contributed by atoms with Gasteiger partial charge in [0.2, 0.25) is 17.2 Å². The van der Waals surface area contributed by atoms with Gasteiger partial charge in [-0.15, -0.1) is 0 Å². The lowest BCUT2D eigenvalue weighted by Crippen LogP contribution is -2.18. The highest BCUT2D eigenvalue weighted by Crippen LogP contribution is 2.58. The van der Waals surface area contributed by atoms with Crippen LogP contribution in [0.5, 0.6) is 40.2 Å². The van der Waals surface area contributed by atoms with Crippen LogP contribution in [0, 0.1) is 0 Å². The molecular weight excluding hydrogens is 887 g/mol. The Labute approximate surface area is 412 Å². The number of allylic oxidation sites excluding steroid dienone is 15. The highest BCUT2D eigenvalue weighted by molar-refractivity contribution is 6.12. The molecule has 1 heterocycles. The predicted octanol–water partition coefficient (Wildman–Crippen LogP) is 15.7. The van der Waals surface area contributed by atoms with Crippen molar-refractivity contribution in [2.45, 2.75) is 27.2 Å². The molecule has 0 radical (unpaired) electrons. The van der Waals surface area contributed by atoms with E-state index in [-0.39, 0.29) is 11.1 Å². The number of phenolic OH excluding ortho intramolecular Hbond substituents is 7.